The maximum Gasteiger partial charge on any atom is 0.347 e. The molecule has 3 aromatic rings. The van der Waals surface area contributed by atoms with E-state index in [2.05, 4.69) is 15.4 Å². The Kier molecular flexibility index (Phi) is 4.82. The van der Waals surface area contributed by atoms with Gasteiger partial charge in [-0.25, -0.2) is 14.5 Å². The first-order valence-electron chi connectivity index (χ1n) is 9.18. The second kappa shape index (κ2) is 7.43. The lowest BCUT2D eigenvalue weighted by Crippen LogP contribution is -2.40. The maximum atomic E-state index is 12.9. The van der Waals surface area contributed by atoms with Crippen LogP contribution in [0.25, 0.3) is 5.69 Å². The zero-order valence-electron chi connectivity index (χ0n) is 15.5. The van der Waals surface area contributed by atoms with E-state index in [0.29, 0.717) is 30.2 Å². The Hall–Kier alpha value is -3.20. The van der Waals surface area contributed by atoms with Crippen LogP contribution in [0, 0.1) is 6.92 Å². The molecule has 1 amide bonds. The van der Waals surface area contributed by atoms with Gasteiger partial charge in [-0.2, -0.15) is 5.10 Å². The standard InChI is InChI=1S/C19H21N5O4/c1-12-15(11-25)16(22-28-12)18(26)23-9-5-6-13(10-23)17-20-21-19(27)24(17)14-7-3-2-4-8-14/h2-4,7-8,13,25H,5-6,9-11H2,1H3,(H,21,27). The largest absolute Gasteiger partial charge is 0.391 e. The molecule has 0 bridgehead atoms. The fraction of sp³-hybridized carbons (Fsp3) is 0.368. The molecular formula is C19H21N5O4. The van der Waals surface area contributed by atoms with Crippen molar-refractivity contribution in [2.75, 3.05) is 13.1 Å². The van der Waals surface area contributed by atoms with Crippen LogP contribution in [0.3, 0.4) is 0 Å². The van der Waals surface area contributed by atoms with Gasteiger partial charge in [-0.3, -0.25) is 4.79 Å². The van der Waals surface area contributed by atoms with Crippen molar-refractivity contribution in [1.29, 1.82) is 0 Å². The maximum absolute atomic E-state index is 12.9. The monoisotopic (exact) mass is 383 g/mol. The van der Waals surface area contributed by atoms with E-state index >= 15 is 0 Å². The van der Waals surface area contributed by atoms with Crippen LogP contribution in [-0.4, -0.2) is 48.9 Å². The summed E-state index contributed by atoms with van der Waals surface area (Å²) < 4.78 is 6.62. The van der Waals surface area contributed by atoms with Crippen molar-refractivity contribution in [3.63, 3.8) is 0 Å². The fourth-order valence-electron chi connectivity index (χ4n) is 3.68. The number of benzene rings is 1. The van der Waals surface area contributed by atoms with Crippen molar-refractivity contribution in [1.82, 2.24) is 24.8 Å². The van der Waals surface area contributed by atoms with E-state index in [4.69, 9.17) is 4.52 Å². The molecule has 4 rings (SSSR count). The van der Waals surface area contributed by atoms with Crippen LogP contribution >= 0.6 is 0 Å². The number of hydrogen-bond acceptors (Lipinski definition) is 6. The number of hydrogen-bond donors (Lipinski definition) is 2. The number of para-hydroxylation sites is 1. The average Bonchev–Trinajstić information content (AvgIpc) is 3.30. The van der Waals surface area contributed by atoms with Gasteiger partial charge in [0.2, 0.25) is 0 Å². The second-order valence-electron chi connectivity index (χ2n) is 6.87. The van der Waals surface area contributed by atoms with Crippen molar-refractivity contribution < 1.29 is 14.4 Å². The predicted molar refractivity (Wildman–Crippen MR) is 99.2 cm³/mol. The molecule has 9 nitrogen and oxygen atoms in total. The number of piperidine rings is 1. The van der Waals surface area contributed by atoms with Gasteiger partial charge in [0.25, 0.3) is 5.91 Å². The third kappa shape index (κ3) is 3.13. The summed E-state index contributed by atoms with van der Waals surface area (Å²) in [7, 11) is 0. The first kappa shape index (κ1) is 18.2. The Morgan fingerprint density at radius 3 is 2.89 bits per heavy atom. The van der Waals surface area contributed by atoms with Gasteiger partial charge in [0.05, 0.1) is 17.9 Å². The number of aryl methyl sites for hydroxylation is 1. The first-order valence-corrected chi connectivity index (χ1v) is 9.18. The molecule has 1 saturated heterocycles. The highest BCUT2D eigenvalue weighted by atomic mass is 16.5. The van der Waals surface area contributed by atoms with E-state index < -0.39 is 0 Å². The summed E-state index contributed by atoms with van der Waals surface area (Å²) in [5.41, 5.74) is 0.977. The van der Waals surface area contributed by atoms with Gasteiger partial charge in [-0.1, -0.05) is 23.4 Å². The molecule has 2 N–H and O–H groups in total. The summed E-state index contributed by atoms with van der Waals surface area (Å²) in [6.07, 6.45) is 1.59. The van der Waals surface area contributed by atoms with Gasteiger partial charge in [0, 0.05) is 19.0 Å². The molecule has 1 unspecified atom stereocenters. The van der Waals surface area contributed by atoms with E-state index in [-0.39, 0.29) is 29.8 Å². The molecule has 3 heterocycles. The normalized spacial score (nSPS) is 17.1. The number of aromatic nitrogens is 4. The molecule has 0 saturated carbocycles. The second-order valence-corrected chi connectivity index (χ2v) is 6.87. The molecule has 1 aliphatic rings. The van der Waals surface area contributed by atoms with E-state index in [9.17, 15) is 14.7 Å². The zero-order chi connectivity index (χ0) is 19.7. The molecule has 9 heteroatoms. The minimum Gasteiger partial charge on any atom is -0.391 e. The molecule has 0 radical (unpaired) electrons. The third-order valence-corrected chi connectivity index (χ3v) is 5.13. The Balaban J connectivity index is 1.62. The zero-order valence-corrected chi connectivity index (χ0v) is 15.5. The fourth-order valence-corrected chi connectivity index (χ4v) is 3.68. The summed E-state index contributed by atoms with van der Waals surface area (Å²) in [5, 5.41) is 20.1. The molecule has 0 spiro atoms. The molecule has 2 aromatic heterocycles. The van der Waals surface area contributed by atoms with E-state index in [1.807, 2.05) is 30.3 Å². The number of nitrogens with zero attached hydrogens (tertiary/aromatic N) is 4. The SMILES string of the molecule is Cc1onc(C(=O)N2CCCC(c3n[nH]c(=O)n3-c3ccccc3)C2)c1CO. The number of carbonyl (C=O) groups excluding carboxylic acids is 1. The summed E-state index contributed by atoms with van der Waals surface area (Å²) in [6, 6.07) is 9.29. The Bertz CT molecular complexity index is 1040. The summed E-state index contributed by atoms with van der Waals surface area (Å²) >= 11 is 0. The Morgan fingerprint density at radius 1 is 1.36 bits per heavy atom. The number of amides is 1. The number of likely N-dealkylation sites (tertiary alicyclic amines) is 1. The van der Waals surface area contributed by atoms with Gasteiger partial charge < -0.3 is 14.5 Å². The van der Waals surface area contributed by atoms with Crippen LogP contribution in [0.15, 0.2) is 39.6 Å². The topological polar surface area (TPSA) is 117 Å². The number of rotatable bonds is 4. The molecule has 1 atom stereocenters. The number of aromatic amines is 1. The van der Waals surface area contributed by atoms with Crippen LogP contribution in [0.5, 0.6) is 0 Å². The van der Waals surface area contributed by atoms with Gasteiger partial charge in [-0.15, -0.1) is 0 Å². The van der Waals surface area contributed by atoms with Crippen molar-refractivity contribution in [3.05, 3.63) is 63.7 Å². The number of carbonyl (C=O) groups is 1. The molecular weight excluding hydrogens is 362 g/mol. The summed E-state index contributed by atoms with van der Waals surface area (Å²) in [5.74, 6) is 0.661. The summed E-state index contributed by atoms with van der Waals surface area (Å²) in [4.78, 5) is 26.9. The predicted octanol–water partition coefficient (Wildman–Crippen LogP) is 1.37. The van der Waals surface area contributed by atoms with E-state index in [0.717, 1.165) is 18.5 Å². The lowest BCUT2D eigenvalue weighted by Gasteiger charge is -2.32. The average molecular weight is 383 g/mol. The highest BCUT2D eigenvalue weighted by Crippen LogP contribution is 2.28. The van der Waals surface area contributed by atoms with Crippen molar-refractivity contribution in [2.45, 2.75) is 32.3 Å². The quantitative estimate of drug-likeness (QED) is 0.703. The molecule has 1 aromatic carbocycles. The van der Waals surface area contributed by atoms with Crippen molar-refractivity contribution in [2.24, 2.45) is 0 Å². The van der Waals surface area contributed by atoms with E-state index in [1.165, 1.54) is 0 Å². The van der Waals surface area contributed by atoms with Crippen LogP contribution < -0.4 is 5.69 Å². The van der Waals surface area contributed by atoms with Crippen LogP contribution in [-0.2, 0) is 6.61 Å². The van der Waals surface area contributed by atoms with Crippen LogP contribution in [0.4, 0.5) is 0 Å². The van der Waals surface area contributed by atoms with Gasteiger partial charge in [0.1, 0.15) is 11.6 Å². The number of H-pyrrole nitrogens is 1. The molecule has 0 aliphatic carbocycles. The third-order valence-electron chi connectivity index (χ3n) is 5.13. The van der Waals surface area contributed by atoms with Gasteiger partial charge in [-0.05, 0) is 31.9 Å². The lowest BCUT2D eigenvalue weighted by molar-refractivity contribution is 0.0690. The van der Waals surface area contributed by atoms with Gasteiger partial charge >= 0.3 is 5.69 Å². The molecule has 146 valence electrons. The minimum atomic E-state index is -0.306. The molecule has 28 heavy (non-hydrogen) atoms. The highest BCUT2D eigenvalue weighted by Gasteiger charge is 2.32. The smallest absolute Gasteiger partial charge is 0.347 e. The first-order chi connectivity index (χ1) is 13.6. The Labute approximate surface area is 160 Å². The minimum absolute atomic E-state index is 0.0950. The van der Waals surface area contributed by atoms with E-state index in [1.54, 1.807) is 16.4 Å². The van der Waals surface area contributed by atoms with Crippen molar-refractivity contribution >= 4 is 5.91 Å². The Morgan fingerprint density at radius 2 is 2.14 bits per heavy atom. The molecule has 1 aliphatic heterocycles. The number of nitrogens with one attached hydrogen (secondary N) is 1. The molecule has 1 fully saturated rings. The highest BCUT2D eigenvalue weighted by molar-refractivity contribution is 5.93. The lowest BCUT2D eigenvalue weighted by atomic mass is 9.96. The van der Waals surface area contributed by atoms with Crippen molar-refractivity contribution in [3.8, 4) is 5.69 Å². The van der Waals surface area contributed by atoms with Crippen LogP contribution in [0.1, 0.15) is 46.4 Å². The van der Waals surface area contributed by atoms with Gasteiger partial charge in [0.15, 0.2) is 5.69 Å². The number of aliphatic hydroxyl groups is 1. The number of aliphatic hydroxyl groups excluding tert-OH is 1. The van der Waals surface area contributed by atoms with Crippen LogP contribution in [0.2, 0.25) is 0 Å². The summed E-state index contributed by atoms with van der Waals surface area (Å²) in [6.45, 7) is 2.34.